The Morgan fingerprint density at radius 2 is 2.00 bits per heavy atom. The van der Waals surface area contributed by atoms with E-state index >= 15 is 0 Å². The van der Waals surface area contributed by atoms with Gasteiger partial charge in [-0.2, -0.15) is 0 Å². The van der Waals surface area contributed by atoms with E-state index < -0.39 is 6.09 Å². The van der Waals surface area contributed by atoms with Gasteiger partial charge in [0.05, 0.1) is 13.2 Å². The van der Waals surface area contributed by atoms with Crippen molar-refractivity contribution in [1.82, 2.24) is 9.80 Å². The van der Waals surface area contributed by atoms with E-state index in [2.05, 4.69) is 4.90 Å². The first-order valence-corrected chi connectivity index (χ1v) is 7.23. The molecule has 0 spiro atoms. The van der Waals surface area contributed by atoms with Crippen LogP contribution in [0.3, 0.4) is 0 Å². The monoisotopic (exact) mass is 291 g/mol. The first kappa shape index (κ1) is 14.2. The molecule has 21 heavy (non-hydrogen) atoms. The van der Waals surface area contributed by atoms with Crippen molar-refractivity contribution >= 4 is 6.09 Å². The largest absolute Gasteiger partial charge is 0.530 e. The number of nitrogens with zero attached hydrogens (tertiary/aromatic N) is 2. The second kappa shape index (κ2) is 6.32. The Hall–Kier alpha value is -1.79. The van der Waals surface area contributed by atoms with Gasteiger partial charge in [-0.15, -0.1) is 0 Å². The molecule has 0 radical (unpaired) electrons. The average molecular weight is 291 g/mol. The average Bonchev–Trinajstić information content (AvgIpc) is 2.92. The summed E-state index contributed by atoms with van der Waals surface area (Å²) in [6, 6.07) is 5.76. The van der Waals surface area contributed by atoms with Gasteiger partial charge < -0.3 is 24.3 Å². The number of carboxylic acid groups (broad SMARTS) is 1. The Labute approximate surface area is 123 Å². The number of morpholine rings is 1. The van der Waals surface area contributed by atoms with E-state index in [0.717, 1.165) is 49.7 Å². The predicted molar refractivity (Wildman–Crippen MR) is 73.8 cm³/mol. The van der Waals surface area contributed by atoms with Gasteiger partial charge in [0.15, 0.2) is 0 Å². The minimum Gasteiger partial charge on any atom is -0.530 e. The van der Waals surface area contributed by atoms with Gasteiger partial charge in [-0.25, -0.2) is 0 Å². The summed E-state index contributed by atoms with van der Waals surface area (Å²) < 4.78 is 11.1. The lowest BCUT2D eigenvalue weighted by molar-refractivity contribution is -0.266. The number of benzene rings is 1. The Bertz CT molecular complexity index is 514. The zero-order valence-corrected chi connectivity index (χ0v) is 11.9. The topological polar surface area (TPSA) is 65.1 Å². The lowest BCUT2D eigenvalue weighted by atomic mass is 10.1. The molecular formula is C15H19N2O4-. The summed E-state index contributed by atoms with van der Waals surface area (Å²) in [7, 11) is 0. The van der Waals surface area contributed by atoms with Gasteiger partial charge in [-0.3, -0.25) is 4.90 Å². The number of fused-ring (bicyclic) bond motifs is 1. The van der Waals surface area contributed by atoms with Crippen molar-refractivity contribution in [2.75, 3.05) is 39.5 Å². The number of ether oxygens (including phenoxy) is 2. The van der Waals surface area contributed by atoms with Crippen LogP contribution >= 0.6 is 0 Å². The molecule has 0 aliphatic carbocycles. The molecule has 1 fully saturated rings. The third kappa shape index (κ3) is 3.46. The van der Waals surface area contributed by atoms with E-state index in [1.54, 1.807) is 0 Å². The van der Waals surface area contributed by atoms with E-state index in [1.807, 2.05) is 18.2 Å². The number of hydrogen-bond donors (Lipinski definition) is 0. The van der Waals surface area contributed by atoms with Crippen LogP contribution in [0.15, 0.2) is 18.2 Å². The smallest absolute Gasteiger partial charge is 0.137 e. The fourth-order valence-corrected chi connectivity index (χ4v) is 2.71. The molecule has 114 valence electrons. The number of hydrogen-bond acceptors (Lipinski definition) is 5. The van der Waals surface area contributed by atoms with E-state index in [0.29, 0.717) is 19.7 Å². The van der Waals surface area contributed by atoms with Gasteiger partial charge in [0.2, 0.25) is 0 Å². The van der Waals surface area contributed by atoms with E-state index in [1.165, 1.54) is 4.90 Å². The highest BCUT2D eigenvalue weighted by molar-refractivity contribution is 5.64. The molecule has 6 nitrogen and oxygen atoms in total. The lowest BCUT2D eigenvalue weighted by Crippen LogP contribution is -2.38. The van der Waals surface area contributed by atoms with Crippen LogP contribution in [-0.2, 0) is 17.8 Å². The van der Waals surface area contributed by atoms with Crippen LogP contribution in [0, 0.1) is 0 Å². The molecule has 1 saturated heterocycles. The Morgan fingerprint density at radius 3 is 2.76 bits per heavy atom. The molecule has 6 heteroatoms. The van der Waals surface area contributed by atoms with Gasteiger partial charge in [-0.05, 0) is 23.3 Å². The first-order valence-electron chi connectivity index (χ1n) is 7.23. The lowest BCUT2D eigenvalue weighted by Gasteiger charge is -2.26. The molecule has 1 aromatic rings. The molecule has 0 unspecified atom stereocenters. The summed E-state index contributed by atoms with van der Waals surface area (Å²) in [5.74, 6) is 0.794. The van der Waals surface area contributed by atoms with Gasteiger partial charge in [0, 0.05) is 32.7 Å². The summed E-state index contributed by atoms with van der Waals surface area (Å²) in [5.41, 5.74) is 2.03. The SMILES string of the molecule is O=C([O-])N1Cc2ccc(OCCN3CCOCC3)cc2C1. The second-order valence-corrected chi connectivity index (χ2v) is 5.35. The van der Waals surface area contributed by atoms with Gasteiger partial charge in [0.1, 0.15) is 18.4 Å². The molecule has 0 atom stereocenters. The Kier molecular flexibility index (Phi) is 4.26. The van der Waals surface area contributed by atoms with Gasteiger partial charge in [-0.1, -0.05) is 6.07 Å². The third-order valence-electron chi connectivity index (χ3n) is 3.94. The number of amides is 1. The molecule has 2 aliphatic heterocycles. The Morgan fingerprint density at radius 1 is 1.24 bits per heavy atom. The molecule has 1 amide bonds. The predicted octanol–water partition coefficient (Wildman–Crippen LogP) is 0.0565. The molecule has 2 heterocycles. The van der Waals surface area contributed by atoms with Crippen LogP contribution in [0.2, 0.25) is 0 Å². The van der Waals surface area contributed by atoms with Crippen molar-refractivity contribution in [1.29, 1.82) is 0 Å². The van der Waals surface area contributed by atoms with Crippen molar-refractivity contribution in [3.8, 4) is 5.75 Å². The summed E-state index contributed by atoms with van der Waals surface area (Å²) in [4.78, 5) is 14.5. The van der Waals surface area contributed by atoms with Gasteiger partial charge in [0.25, 0.3) is 0 Å². The van der Waals surface area contributed by atoms with Crippen molar-refractivity contribution in [3.63, 3.8) is 0 Å². The number of carbonyl (C=O) groups is 1. The van der Waals surface area contributed by atoms with Crippen molar-refractivity contribution < 1.29 is 19.4 Å². The van der Waals surface area contributed by atoms with Crippen molar-refractivity contribution in [2.24, 2.45) is 0 Å². The van der Waals surface area contributed by atoms with E-state index in [-0.39, 0.29) is 0 Å². The molecule has 0 N–H and O–H groups in total. The van der Waals surface area contributed by atoms with Crippen molar-refractivity contribution in [3.05, 3.63) is 29.3 Å². The van der Waals surface area contributed by atoms with E-state index in [4.69, 9.17) is 9.47 Å². The minimum absolute atomic E-state index is 0.387. The molecule has 2 aliphatic rings. The summed E-state index contributed by atoms with van der Waals surface area (Å²) in [6.45, 7) is 5.79. The van der Waals surface area contributed by atoms with Crippen LogP contribution in [0.25, 0.3) is 0 Å². The normalized spacial score (nSPS) is 18.6. The van der Waals surface area contributed by atoms with Crippen LogP contribution < -0.4 is 9.84 Å². The minimum atomic E-state index is -1.12. The molecule has 1 aromatic carbocycles. The molecule has 3 rings (SSSR count). The fraction of sp³-hybridized carbons (Fsp3) is 0.533. The van der Waals surface area contributed by atoms with Crippen LogP contribution in [0.5, 0.6) is 5.75 Å². The highest BCUT2D eigenvalue weighted by Crippen LogP contribution is 2.26. The van der Waals surface area contributed by atoms with Crippen LogP contribution in [-0.4, -0.2) is 55.3 Å². The maximum atomic E-state index is 10.9. The molecule has 0 bridgehead atoms. The zero-order chi connectivity index (χ0) is 14.7. The Balaban J connectivity index is 1.51. The summed E-state index contributed by atoms with van der Waals surface area (Å²) >= 11 is 0. The van der Waals surface area contributed by atoms with Crippen LogP contribution in [0.4, 0.5) is 4.79 Å². The molecule has 0 saturated carbocycles. The van der Waals surface area contributed by atoms with Crippen molar-refractivity contribution in [2.45, 2.75) is 13.1 Å². The number of rotatable bonds is 4. The third-order valence-corrected chi connectivity index (χ3v) is 3.94. The van der Waals surface area contributed by atoms with E-state index in [9.17, 15) is 9.90 Å². The summed E-state index contributed by atoms with van der Waals surface area (Å²) in [5, 5.41) is 10.9. The quantitative estimate of drug-likeness (QED) is 0.784. The van der Waals surface area contributed by atoms with Gasteiger partial charge >= 0.3 is 0 Å². The second-order valence-electron chi connectivity index (χ2n) is 5.35. The maximum Gasteiger partial charge on any atom is 0.137 e. The number of carbonyl (C=O) groups excluding carboxylic acids is 1. The fourth-order valence-electron chi connectivity index (χ4n) is 2.71. The highest BCUT2D eigenvalue weighted by Gasteiger charge is 2.19. The highest BCUT2D eigenvalue weighted by atomic mass is 16.5. The molecular weight excluding hydrogens is 272 g/mol. The standard InChI is InChI=1S/C15H20N2O4/c18-15(19)17-10-12-1-2-14(9-13(12)11-17)21-8-5-16-3-6-20-7-4-16/h1-2,9H,3-8,10-11H2,(H,18,19)/p-1. The maximum absolute atomic E-state index is 10.9. The zero-order valence-electron chi connectivity index (χ0n) is 11.9. The summed E-state index contributed by atoms with van der Waals surface area (Å²) in [6.07, 6.45) is -1.12. The van der Waals surface area contributed by atoms with Crippen LogP contribution in [0.1, 0.15) is 11.1 Å². The first-order chi connectivity index (χ1) is 10.2. The molecule has 0 aromatic heterocycles.